The molecule has 11 heteroatoms. The van der Waals surface area contributed by atoms with E-state index in [9.17, 15) is 13.2 Å². The predicted molar refractivity (Wildman–Crippen MR) is 90.6 cm³/mol. The minimum atomic E-state index is -4.45. The number of para-hydroxylation sites is 1. The molecule has 1 aromatic carbocycles. The van der Waals surface area contributed by atoms with Gasteiger partial charge < -0.3 is 14.2 Å². The van der Waals surface area contributed by atoms with E-state index in [1.807, 2.05) is 4.90 Å². The number of alkyl halides is 3. The van der Waals surface area contributed by atoms with Gasteiger partial charge in [0.05, 0.1) is 12.1 Å². The van der Waals surface area contributed by atoms with Gasteiger partial charge in [-0.25, -0.2) is 0 Å². The standard InChI is InChI=1S/C16H14F3N5O2S/c1-9-20-13(23-26-9)14-21-22-15(27-14)24-7-6-10(8-24)25-12-5-3-2-4-11(12)16(17,18)19/h2-5,10H,6-8H2,1H3/t10-/m0/s1. The highest BCUT2D eigenvalue weighted by atomic mass is 32.1. The Balaban J connectivity index is 1.45. The minimum absolute atomic E-state index is 0.155. The number of hydrogen-bond donors (Lipinski definition) is 0. The van der Waals surface area contributed by atoms with E-state index >= 15 is 0 Å². The van der Waals surface area contributed by atoms with Gasteiger partial charge in [0.25, 0.3) is 0 Å². The summed E-state index contributed by atoms with van der Waals surface area (Å²) < 4.78 is 49.9. The Morgan fingerprint density at radius 3 is 2.81 bits per heavy atom. The van der Waals surface area contributed by atoms with Crippen molar-refractivity contribution < 1.29 is 22.4 Å². The third-order valence-electron chi connectivity index (χ3n) is 4.03. The number of hydrogen-bond acceptors (Lipinski definition) is 8. The molecule has 0 saturated carbocycles. The van der Waals surface area contributed by atoms with E-state index in [1.165, 1.54) is 29.5 Å². The van der Waals surface area contributed by atoms with Crippen LogP contribution in [0, 0.1) is 6.92 Å². The fourth-order valence-electron chi connectivity index (χ4n) is 2.80. The van der Waals surface area contributed by atoms with Crippen LogP contribution in [-0.4, -0.2) is 39.5 Å². The molecule has 0 amide bonds. The Labute approximate surface area is 155 Å². The summed E-state index contributed by atoms with van der Waals surface area (Å²) in [5.74, 6) is 0.638. The first-order valence-corrected chi connectivity index (χ1v) is 8.94. The molecule has 4 rings (SSSR count). The molecule has 0 radical (unpaired) electrons. The van der Waals surface area contributed by atoms with Crippen LogP contribution in [0.3, 0.4) is 0 Å². The van der Waals surface area contributed by atoms with Crippen molar-refractivity contribution in [1.82, 2.24) is 20.3 Å². The van der Waals surface area contributed by atoms with E-state index in [2.05, 4.69) is 20.3 Å². The topological polar surface area (TPSA) is 77.2 Å². The van der Waals surface area contributed by atoms with Crippen molar-refractivity contribution in [1.29, 1.82) is 0 Å². The fraction of sp³-hybridized carbons (Fsp3) is 0.375. The average molecular weight is 397 g/mol. The van der Waals surface area contributed by atoms with Gasteiger partial charge in [-0.1, -0.05) is 28.6 Å². The Kier molecular flexibility index (Phi) is 4.46. The minimum Gasteiger partial charge on any atom is -0.488 e. The van der Waals surface area contributed by atoms with Crippen LogP contribution < -0.4 is 9.64 Å². The van der Waals surface area contributed by atoms with Crippen LogP contribution in [0.5, 0.6) is 5.75 Å². The number of aryl methyl sites for hydroxylation is 1. The molecule has 3 aromatic rings. The molecule has 0 spiro atoms. The third kappa shape index (κ3) is 3.72. The largest absolute Gasteiger partial charge is 0.488 e. The average Bonchev–Trinajstić information content (AvgIpc) is 3.34. The Morgan fingerprint density at radius 2 is 2.07 bits per heavy atom. The lowest BCUT2D eigenvalue weighted by molar-refractivity contribution is -0.139. The Bertz CT molecular complexity index is 942. The van der Waals surface area contributed by atoms with E-state index in [4.69, 9.17) is 9.26 Å². The lowest BCUT2D eigenvalue weighted by atomic mass is 10.2. The normalized spacial score (nSPS) is 17.5. The van der Waals surface area contributed by atoms with E-state index in [0.29, 0.717) is 41.4 Å². The van der Waals surface area contributed by atoms with Crippen LogP contribution in [0.25, 0.3) is 10.8 Å². The van der Waals surface area contributed by atoms with Crippen molar-refractivity contribution in [3.63, 3.8) is 0 Å². The van der Waals surface area contributed by atoms with Gasteiger partial charge in [0.2, 0.25) is 16.8 Å². The van der Waals surface area contributed by atoms with Gasteiger partial charge >= 0.3 is 6.18 Å². The highest BCUT2D eigenvalue weighted by Crippen LogP contribution is 2.37. The summed E-state index contributed by atoms with van der Waals surface area (Å²) in [5.41, 5.74) is -0.769. The van der Waals surface area contributed by atoms with Gasteiger partial charge in [-0.15, -0.1) is 10.2 Å². The number of halogens is 3. The van der Waals surface area contributed by atoms with Crippen LogP contribution in [0.1, 0.15) is 17.9 Å². The highest BCUT2D eigenvalue weighted by molar-refractivity contribution is 7.18. The quantitative estimate of drug-likeness (QED) is 0.666. The first-order chi connectivity index (χ1) is 12.9. The number of ether oxygens (including phenoxy) is 1. The van der Waals surface area contributed by atoms with E-state index < -0.39 is 11.7 Å². The molecule has 142 valence electrons. The molecule has 3 heterocycles. The summed E-state index contributed by atoms with van der Waals surface area (Å²) in [4.78, 5) is 6.03. The van der Waals surface area contributed by atoms with Crippen molar-refractivity contribution >= 4 is 16.5 Å². The molecule has 1 saturated heterocycles. The van der Waals surface area contributed by atoms with Gasteiger partial charge in [0, 0.05) is 19.9 Å². The monoisotopic (exact) mass is 397 g/mol. The van der Waals surface area contributed by atoms with Gasteiger partial charge in [0.15, 0.2) is 5.01 Å². The summed E-state index contributed by atoms with van der Waals surface area (Å²) >= 11 is 1.30. The Hall–Kier alpha value is -2.69. The molecule has 1 fully saturated rings. The molecule has 0 bridgehead atoms. The van der Waals surface area contributed by atoms with Crippen LogP contribution in [0.15, 0.2) is 28.8 Å². The van der Waals surface area contributed by atoms with Gasteiger partial charge in [-0.05, 0) is 12.1 Å². The fourth-order valence-corrected chi connectivity index (χ4v) is 3.61. The second-order valence-corrected chi connectivity index (χ2v) is 6.95. The van der Waals surface area contributed by atoms with Crippen molar-refractivity contribution in [3.8, 4) is 16.6 Å². The molecular weight excluding hydrogens is 383 g/mol. The van der Waals surface area contributed by atoms with Crippen molar-refractivity contribution in [2.45, 2.75) is 25.6 Å². The zero-order chi connectivity index (χ0) is 19.0. The molecule has 1 aliphatic rings. The van der Waals surface area contributed by atoms with E-state index in [0.717, 1.165) is 6.07 Å². The summed E-state index contributed by atoms with van der Waals surface area (Å²) in [6.07, 6.45) is -4.23. The maximum absolute atomic E-state index is 13.1. The molecule has 1 aliphatic heterocycles. The number of rotatable bonds is 4. The smallest absolute Gasteiger partial charge is 0.419 e. The second kappa shape index (κ2) is 6.80. The molecule has 0 N–H and O–H groups in total. The summed E-state index contributed by atoms with van der Waals surface area (Å²) in [7, 11) is 0. The number of nitrogens with zero attached hydrogens (tertiary/aromatic N) is 5. The molecule has 2 aromatic heterocycles. The van der Waals surface area contributed by atoms with Crippen molar-refractivity contribution in [2.24, 2.45) is 0 Å². The lowest BCUT2D eigenvalue weighted by Crippen LogP contribution is -2.25. The molecule has 1 atom stereocenters. The Morgan fingerprint density at radius 1 is 1.26 bits per heavy atom. The predicted octanol–water partition coefficient (Wildman–Crippen LogP) is 3.57. The van der Waals surface area contributed by atoms with Crippen LogP contribution in [0.2, 0.25) is 0 Å². The molecule has 0 aliphatic carbocycles. The van der Waals surface area contributed by atoms with Crippen molar-refractivity contribution in [2.75, 3.05) is 18.0 Å². The zero-order valence-electron chi connectivity index (χ0n) is 14.1. The highest BCUT2D eigenvalue weighted by Gasteiger charge is 2.35. The first-order valence-electron chi connectivity index (χ1n) is 8.12. The molecule has 27 heavy (non-hydrogen) atoms. The molecular formula is C16H14F3N5O2S. The first kappa shape index (κ1) is 17.7. The van der Waals surface area contributed by atoms with Gasteiger partial charge in [0.1, 0.15) is 11.9 Å². The maximum Gasteiger partial charge on any atom is 0.419 e. The summed E-state index contributed by atoms with van der Waals surface area (Å²) in [6, 6.07) is 5.24. The zero-order valence-corrected chi connectivity index (χ0v) is 14.9. The van der Waals surface area contributed by atoms with E-state index in [-0.39, 0.29) is 11.9 Å². The maximum atomic E-state index is 13.1. The van der Waals surface area contributed by atoms with E-state index in [1.54, 1.807) is 6.92 Å². The summed E-state index contributed by atoms with van der Waals surface area (Å²) in [6.45, 7) is 2.71. The second-order valence-electron chi connectivity index (χ2n) is 6.00. The lowest BCUT2D eigenvalue weighted by Gasteiger charge is -2.18. The van der Waals surface area contributed by atoms with Gasteiger partial charge in [-0.2, -0.15) is 18.2 Å². The van der Waals surface area contributed by atoms with Gasteiger partial charge in [-0.3, -0.25) is 0 Å². The van der Waals surface area contributed by atoms with Crippen LogP contribution >= 0.6 is 11.3 Å². The van der Waals surface area contributed by atoms with Crippen LogP contribution in [-0.2, 0) is 6.18 Å². The van der Waals surface area contributed by atoms with Crippen LogP contribution in [0.4, 0.5) is 18.3 Å². The number of anilines is 1. The SMILES string of the molecule is Cc1nc(-c2nnc(N3CC[C@H](Oc4ccccc4C(F)(F)F)C3)s2)no1. The number of aromatic nitrogens is 4. The summed E-state index contributed by atoms with van der Waals surface area (Å²) in [5, 5.41) is 13.1. The number of benzene rings is 1. The molecule has 0 unspecified atom stereocenters. The van der Waals surface area contributed by atoms with Crippen molar-refractivity contribution in [3.05, 3.63) is 35.7 Å². The third-order valence-corrected chi connectivity index (χ3v) is 5.01. The molecule has 7 nitrogen and oxygen atoms in total.